The number of hydrogen-bond donors (Lipinski definition) is 2. The van der Waals surface area contributed by atoms with E-state index in [0.29, 0.717) is 5.82 Å². The molecule has 19 heavy (non-hydrogen) atoms. The molecule has 1 amide bonds. The summed E-state index contributed by atoms with van der Waals surface area (Å²) in [4.78, 5) is 26.1. The number of hydrogen-bond acceptors (Lipinski definition) is 5. The van der Waals surface area contributed by atoms with Gasteiger partial charge in [0.05, 0.1) is 4.92 Å². The molecule has 0 atom stereocenters. The number of anilines is 2. The molecule has 0 aliphatic rings. The highest BCUT2D eigenvalue weighted by molar-refractivity contribution is 6.07. The second-order valence-electron chi connectivity index (χ2n) is 3.67. The van der Waals surface area contributed by atoms with Crippen LogP contribution in [0.2, 0.25) is 0 Å². The summed E-state index contributed by atoms with van der Waals surface area (Å²) in [6.07, 6.45) is 1.50. The third-order valence-electron chi connectivity index (χ3n) is 2.40. The Morgan fingerprint density at radius 2 is 2.05 bits per heavy atom. The lowest BCUT2D eigenvalue weighted by Crippen LogP contribution is -2.15. The summed E-state index contributed by atoms with van der Waals surface area (Å²) in [5.41, 5.74) is 4.95. The van der Waals surface area contributed by atoms with Gasteiger partial charge in [-0.15, -0.1) is 0 Å². The fraction of sp³-hybridized carbons (Fsp3) is 0. The van der Waals surface area contributed by atoms with Gasteiger partial charge in [-0.2, -0.15) is 0 Å². The zero-order valence-corrected chi connectivity index (χ0v) is 9.74. The quantitative estimate of drug-likeness (QED) is 0.495. The molecule has 96 valence electrons. The van der Waals surface area contributed by atoms with Crippen molar-refractivity contribution in [3.63, 3.8) is 0 Å². The van der Waals surface area contributed by atoms with Crippen LogP contribution in [0.4, 0.5) is 17.2 Å². The number of benzene rings is 1. The molecule has 3 N–H and O–H groups in total. The van der Waals surface area contributed by atoms with Crippen molar-refractivity contribution in [1.29, 1.82) is 0 Å². The first-order valence-corrected chi connectivity index (χ1v) is 5.35. The van der Waals surface area contributed by atoms with Gasteiger partial charge in [0.25, 0.3) is 5.91 Å². The van der Waals surface area contributed by atoms with E-state index in [9.17, 15) is 14.9 Å². The highest BCUT2D eigenvalue weighted by atomic mass is 16.6. The lowest BCUT2D eigenvalue weighted by atomic mass is 10.1. The maximum Gasteiger partial charge on any atom is 0.304 e. The molecule has 1 aromatic heterocycles. The van der Waals surface area contributed by atoms with Gasteiger partial charge < -0.3 is 11.1 Å². The van der Waals surface area contributed by atoms with Crippen LogP contribution in [0.3, 0.4) is 0 Å². The average molecular weight is 258 g/mol. The van der Waals surface area contributed by atoms with E-state index >= 15 is 0 Å². The van der Waals surface area contributed by atoms with E-state index in [1.165, 1.54) is 24.4 Å². The number of nitro groups is 1. The zero-order chi connectivity index (χ0) is 13.8. The fourth-order valence-electron chi connectivity index (χ4n) is 1.57. The van der Waals surface area contributed by atoms with Crippen molar-refractivity contribution in [2.45, 2.75) is 0 Å². The van der Waals surface area contributed by atoms with Crippen LogP contribution in [0.25, 0.3) is 0 Å². The molecule has 1 heterocycles. The summed E-state index contributed by atoms with van der Waals surface area (Å²) in [6.45, 7) is 0. The molecule has 0 aliphatic heterocycles. The summed E-state index contributed by atoms with van der Waals surface area (Å²) in [5.74, 6) is -0.318. The van der Waals surface area contributed by atoms with E-state index in [1.54, 1.807) is 18.2 Å². The molecule has 7 nitrogen and oxygen atoms in total. The molecular formula is C12H10N4O3. The van der Waals surface area contributed by atoms with Crippen molar-refractivity contribution in [3.05, 3.63) is 58.3 Å². The third kappa shape index (κ3) is 2.65. The molecule has 0 aliphatic carbocycles. The van der Waals surface area contributed by atoms with Crippen LogP contribution in [-0.2, 0) is 0 Å². The molecule has 2 aromatic rings. The summed E-state index contributed by atoms with van der Waals surface area (Å²) in [5, 5.41) is 13.4. The van der Waals surface area contributed by atoms with Gasteiger partial charge in [0, 0.05) is 6.20 Å². The van der Waals surface area contributed by atoms with E-state index < -0.39 is 16.5 Å². The van der Waals surface area contributed by atoms with E-state index in [1.807, 2.05) is 0 Å². The normalized spacial score (nSPS) is 9.89. The van der Waals surface area contributed by atoms with Crippen LogP contribution < -0.4 is 11.1 Å². The Hall–Kier alpha value is -2.96. The van der Waals surface area contributed by atoms with Crippen molar-refractivity contribution in [2.75, 3.05) is 11.1 Å². The van der Waals surface area contributed by atoms with E-state index in [-0.39, 0.29) is 11.3 Å². The van der Waals surface area contributed by atoms with Gasteiger partial charge in [0.15, 0.2) is 0 Å². The van der Waals surface area contributed by atoms with Crippen molar-refractivity contribution in [2.24, 2.45) is 0 Å². The Bertz CT molecular complexity index is 628. The highest BCUT2D eigenvalue weighted by Crippen LogP contribution is 2.26. The number of nitrogens with two attached hydrogens (primary N) is 1. The maximum atomic E-state index is 12.0. The number of nitrogen functional groups attached to an aromatic ring is 1. The summed E-state index contributed by atoms with van der Waals surface area (Å²) >= 11 is 0. The van der Waals surface area contributed by atoms with E-state index in [2.05, 4.69) is 10.3 Å². The lowest BCUT2D eigenvalue weighted by molar-refractivity contribution is -0.384. The third-order valence-corrected chi connectivity index (χ3v) is 2.40. The second-order valence-corrected chi connectivity index (χ2v) is 3.67. The van der Waals surface area contributed by atoms with Crippen LogP contribution in [0, 0.1) is 10.1 Å². The van der Waals surface area contributed by atoms with Gasteiger partial charge in [-0.25, -0.2) is 4.98 Å². The molecule has 0 bridgehead atoms. The van der Waals surface area contributed by atoms with Gasteiger partial charge in [0.1, 0.15) is 17.1 Å². The van der Waals surface area contributed by atoms with Crippen LogP contribution in [0.15, 0.2) is 42.6 Å². The molecular weight excluding hydrogens is 248 g/mol. The highest BCUT2D eigenvalue weighted by Gasteiger charge is 2.23. The predicted molar refractivity (Wildman–Crippen MR) is 69.7 cm³/mol. The molecule has 0 saturated carbocycles. The second kappa shape index (κ2) is 5.13. The number of carbonyl (C=O) groups is 1. The first-order chi connectivity index (χ1) is 9.09. The Morgan fingerprint density at radius 3 is 2.68 bits per heavy atom. The molecule has 0 radical (unpaired) electrons. The van der Waals surface area contributed by atoms with Gasteiger partial charge in [-0.05, 0) is 24.3 Å². The van der Waals surface area contributed by atoms with Crippen LogP contribution in [0.5, 0.6) is 0 Å². The monoisotopic (exact) mass is 258 g/mol. The predicted octanol–water partition coefficient (Wildman–Crippen LogP) is 1.82. The SMILES string of the molecule is Nc1cccc(C(=O)Nc2ccccn2)c1[N+](=O)[O-]. The Kier molecular flexibility index (Phi) is 3.37. The smallest absolute Gasteiger partial charge is 0.304 e. The number of nitrogens with one attached hydrogen (secondary N) is 1. The Balaban J connectivity index is 2.35. The number of para-hydroxylation sites is 1. The Morgan fingerprint density at radius 1 is 1.26 bits per heavy atom. The molecule has 0 spiro atoms. The molecule has 2 rings (SSSR count). The van der Waals surface area contributed by atoms with Crippen molar-refractivity contribution >= 4 is 23.1 Å². The molecule has 0 saturated heterocycles. The minimum Gasteiger partial charge on any atom is -0.393 e. The number of nitrogens with zero attached hydrogens (tertiary/aromatic N) is 2. The number of nitro benzene ring substituents is 1. The van der Waals surface area contributed by atoms with Crippen LogP contribution >= 0.6 is 0 Å². The number of aromatic nitrogens is 1. The van der Waals surface area contributed by atoms with Crippen molar-refractivity contribution in [1.82, 2.24) is 4.98 Å². The van der Waals surface area contributed by atoms with Gasteiger partial charge in [-0.1, -0.05) is 12.1 Å². The van der Waals surface area contributed by atoms with E-state index in [0.717, 1.165) is 0 Å². The fourth-order valence-corrected chi connectivity index (χ4v) is 1.57. The zero-order valence-electron chi connectivity index (χ0n) is 9.74. The number of carbonyl (C=O) groups excluding carboxylic acids is 1. The van der Waals surface area contributed by atoms with Crippen molar-refractivity contribution in [3.8, 4) is 0 Å². The summed E-state index contributed by atoms with van der Waals surface area (Å²) in [6, 6.07) is 9.16. The average Bonchev–Trinajstić information content (AvgIpc) is 2.39. The van der Waals surface area contributed by atoms with Crippen LogP contribution in [-0.4, -0.2) is 15.8 Å². The minimum atomic E-state index is -0.678. The Labute approximate surface area is 108 Å². The first-order valence-electron chi connectivity index (χ1n) is 5.35. The lowest BCUT2D eigenvalue weighted by Gasteiger charge is -2.06. The molecule has 0 fully saturated rings. The van der Waals surface area contributed by atoms with Gasteiger partial charge in [-0.3, -0.25) is 14.9 Å². The van der Waals surface area contributed by atoms with E-state index in [4.69, 9.17) is 5.73 Å². The van der Waals surface area contributed by atoms with Crippen LogP contribution in [0.1, 0.15) is 10.4 Å². The number of amides is 1. The number of rotatable bonds is 3. The standard InChI is InChI=1S/C12H10N4O3/c13-9-5-3-4-8(11(9)16(18)19)12(17)15-10-6-1-2-7-14-10/h1-7H,13H2,(H,14,15,17). The molecule has 0 unspecified atom stereocenters. The van der Waals surface area contributed by atoms with Crippen molar-refractivity contribution < 1.29 is 9.72 Å². The largest absolute Gasteiger partial charge is 0.393 e. The molecule has 7 heteroatoms. The maximum absolute atomic E-state index is 12.0. The topological polar surface area (TPSA) is 111 Å². The summed E-state index contributed by atoms with van der Waals surface area (Å²) in [7, 11) is 0. The molecule has 1 aromatic carbocycles. The number of pyridine rings is 1. The first kappa shape index (κ1) is 12.5. The summed E-state index contributed by atoms with van der Waals surface area (Å²) < 4.78 is 0. The van der Waals surface area contributed by atoms with Gasteiger partial charge >= 0.3 is 5.69 Å². The van der Waals surface area contributed by atoms with Gasteiger partial charge in [0.2, 0.25) is 0 Å². The minimum absolute atomic E-state index is 0.0568.